The number of benzene rings is 4. The van der Waals surface area contributed by atoms with Gasteiger partial charge < -0.3 is 4.74 Å². The van der Waals surface area contributed by atoms with Crippen molar-refractivity contribution in [2.24, 2.45) is 0 Å². The number of hydrogen-bond donors (Lipinski definition) is 0. The predicted molar refractivity (Wildman–Crippen MR) is 125 cm³/mol. The molecule has 0 aliphatic carbocycles. The number of methoxy groups -OCH3 is 1. The predicted octanol–water partition coefficient (Wildman–Crippen LogP) is 4.75. The highest BCUT2D eigenvalue weighted by Gasteiger charge is 2.25. The zero-order valence-corrected chi connectivity index (χ0v) is 17.7. The van der Waals surface area contributed by atoms with Crippen molar-refractivity contribution in [1.29, 1.82) is 0 Å². The molecule has 4 aromatic rings. The van der Waals surface area contributed by atoms with Crippen LogP contribution in [0.15, 0.2) is 115 Å². The Morgan fingerprint density at radius 2 is 1.10 bits per heavy atom. The van der Waals surface area contributed by atoms with E-state index in [4.69, 9.17) is 4.74 Å². The van der Waals surface area contributed by atoms with E-state index in [9.17, 15) is 4.79 Å². The smallest absolute Gasteiger partial charge is 0.317 e. The summed E-state index contributed by atoms with van der Waals surface area (Å²) in [6.07, 6.45) is 0. The molecule has 0 aromatic heterocycles. The van der Waals surface area contributed by atoms with Gasteiger partial charge in [0, 0.05) is 0 Å². The van der Waals surface area contributed by atoms with Crippen LogP contribution in [0.25, 0.3) is 0 Å². The largest absolute Gasteiger partial charge is 0.468 e. The van der Waals surface area contributed by atoms with E-state index in [1.54, 1.807) is 0 Å². The minimum atomic E-state index is -0.732. The summed E-state index contributed by atoms with van der Waals surface area (Å²) in [5, 5.41) is 3.78. The standard InChI is InChI=1S/C27H23O2P/c1-29-27(28)26(21-12-5-2-6-13-21)22-14-11-19-25(20-22)30(23-15-7-3-8-16-23)24-17-9-4-10-18-24/h2-20,26H,1H3. The van der Waals surface area contributed by atoms with E-state index < -0.39 is 13.8 Å². The number of rotatable bonds is 6. The number of carbonyl (C=O) groups is 1. The highest BCUT2D eigenvalue weighted by molar-refractivity contribution is 7.79. The molecule has 0 N–H and O–H groups in total. The zero-order valence-electron chi connectivity index (χ0n) is 16.8. The molecule has 148 valence electrons. The molecule has 0 heterocycles. The first-order valence-electron chi connectivity index (χ1n) is 9.91. The fourth-order valence-corrected chi connectivity index (χ4v) is 6.02. The molecule has 0 spiro atoms. The lowest BCUT2D eigenvalue weighted by Crippen LogP contribution is -2.22. The topological polar surface area (TPSA) is 26.3 Å². The van der Waals surface area contributed by atoms with Crippen LogP contribution in [0.4, 0.5) is 0 Å². The molecule has 4 rings (SSSR count). The molecule has 0 saturated carbocycles. The van der Waals surface area contributed by atoms with E-state index in [1.807, 2.05) is 54.6 Å². The molecule has 0 radical (unpaired) electrons. The van der Waals surface area contributed by atoms with Gasteiger partial charge in [0.2, 0.25) is 0 Å². The van der Waals surface area contributed by atoms with E-state index >= 15 is 0 Å². The third kappa shape index (κ3) is 4.35. The molecule has 4 aromatic carbocycles. The van der Waals surface area contributed by atoms with Crippen LogP contribution in [0, 0.1) is 0 Å². The molecule has 0 aliphatic heterocycles. The van der Waals surface area contributed by atoms with Crippen molar-refractivity contribution in [2.75, 3.05) is 7.11 Å². The van der Waals surface area contributed by atoms with Crippen LogP contribution < -0.4 is 15.9 Å². The fourth-order valence-electron chi connectivity index (χ4n) is 3.67. The first kappa shape index (κ1) is 20.1. The lowest BCUT2D eigenvalue weighted by molar-refractivity contribution is -0.141. The summed E-state index contributed by atoms with van der Waals surface area (Å²) >= 11 is 0. The second kappa shape index (κ2) is 9.52. The number of carbonyl (C=O) groups excluding carboxylic acids is 1. The van der Waals surface area contributed by atoms with Crippen molar-refractivity contribution < 1.29 is 9.53 Å². The van der Waals surface area contributed by atoms with Crippen molar-refractivity contribution >= 4 is 29.8 Å². The van der Waals surface area contributed by atoms with Crippen molar-refractivity contribution in [1.82, 2.24) is 0 Å². The second-order valence-electron chi connectivity index (χ2n) is 6.97. The summed E-state index contributed by atoms with van der Waals surface area (Å²) in [7, 11) is 0.716. The van der Waals surface area contributed by atoms with Gasteiger partial charge in [-0.2, -0.15) is 0 Å². The Bertz CT molecular complexity index is 1060. The van der Waals surface area contributed by atoms with Gasteiger partial charge in [0.05, 0.1) is 7.11 Å². The average molecular weight is 410 g/mol. The van der Waals surface area contributed by atoms with E-state index in [-0.39, 0.29) is 5.97 Å². The first-order chi connectivity index (χ1) is 14.8. The molecule has 2 nitrogen and oxygen atoms in total. The summed E-state index contributed by atoms with van der Waals surface area (Å²) in [6, 6.07) is 39.3. The quantitative estimate of drug-likeness (QED) is 0.339. The molecule has 1 atom stereocenters. The van der Waals surface area contributed by atoms with Crippen molar-refractivity contribution in [3.63, 3.8) is 0 Å². The summed E-state index contributed by atoms with van der Waals surface area (Å²) in [5.41, 5.74) is 1.88. The molecule has 30 heavy (non-hydrogen) atoms. The van der Waals surface area contributed by atoms with Crippen LogP contribution in [-0.2, 0) is 9.53 Å². The summed E-state index contributed by atoms with van der Waals surface area (Å²) < 4.78 is 5.16. The van der Waals surface area contributed by atoms with Gasteiger partial charge in [-0.05, 0) is 41.0 Å². The molecular weight excluding hydrogens is 387 g/mol. The Morgan fingerprint density at radius 3 is 1.63 bits per heavy atom. The van der Waals surface area contributed by atoms with Crippen LogP contribution in [-0.4, -0.2) is 13.1 Å². The van der Waals surface area contributed by atoms with Crippen molar-refractivity contribution in [3.8, 4) is 0 Å². The Morgan fingerprint density at radius 1 is 0.633 bits per heavy atom. The normalized spacial score (nSPS) is 11.8. The Balaban J connectivity index is 1.83. The van der Waals surface area contributed by atoms with Crippen LogP contribution in [0.1, 0.15) is 17.0 Å². The summed E-state index contributed by atoms with van der Waals surface area (Å²) in [4.78, 5) is 12.7. The Hall–Kier alpha value is -3.22. The fraction of sp³-hybridized carbons (Fsp3) is 0.0741. The van der Waals surface area contributed by atoms with Gasteiger partial charge >= 0.3 is 5.97 Å². The maximum absolute atomic E-state index is 12.7. The van der Waals surface area contributed by atoms with Gasteiger partial charge in [-0.1, -0.05) is 109 Å². The van der Waals surface area contributed by atoms with Crippen molar-refractivity contribution in [2.45, 2.75) is 5.92 Å². The minimum Gasteiger partial charge on any atom is -0.468 e. The lowest BCUT2D eigenvalue weighted by Gasteiger charge is -2.22. The van der Waals surface area contributed by atoms with E-state index in [0.717, 1.165) is 11.1 Å². The molecule has 3 heteroatoms. The van der Waals surface area contributed by atoms with E-state index in [2.05, 4.69) is 60.7 Å². The molecule has 1 unspecified atom stereocenters. The number of ether oxygens (including phenoxy) is 1. The molecule has 0 bridgehead atoms. The maximum Gasteiger partial charge on any atom is 0.317 e. The van der Waals surface area contributed by atoms with Crippen LogP contribution in [0.2, 0.25) is 0 Å². The zero-order chi connectivity index (χ0) is 20.8. The van der Waals surface area contributed by atoms with Crippen LogP contribution in [0.3, 0.4) is 0 Å². The average Bonchev–Trinajstić information content (AvgIpc) is 2.82. The molecular formula is C27H23O2P. The molecule has 0 saturated heterocycles. The summed E-state index contributed by atoms with van der Waals surface area (Å²) in [6.45, 7) is 0. The van der Waals surface area contributed by atoms with Gasteiger partial charge in [-0.25, -0.2) is 0 Å². The van der Waals surface area contributed by atoms with Crippen molar-refractivity contribution in [3.05, 3.63) is 126 Å². The first-order valence-corrected chi connectivity index (χ1v) is 11.2. The van der Waals surface area contributed by atoms with Crippen LogP contribution in [0.5, 0.6) is 0 Å². The van der Waals surface area contributed by atoms with E-state index in [1.165, 1.54) is 23.0 Å². The number of hydrogen-bond acceptors (Lipinski definition) is 2. The number of esters is 1. The molecule has 0 amide bonds. The monoisotopic (exact) mass is 410 g/mol. The van der Waals surface area contributed by atoms with Gasteiger partial charge in [-0.3, -0.25) is 4.79 Å². The second-order valence-corrected chi connectivity index (χ2v) is 9.19. The minimum absolute atomic E-state index is 0.248. The highest BCUT2D eigenvalue weighted by Crippen LogP contribution is 2.34. The SMILES string of the molecule is COC(=O)C(c1ccccc1)c1cccc(P(c2ccccc2)c2ccccc2)c1. The third-order valence-electron chi connectivity index (χ3n) is 5.06. The third-order valence-corrected chi connectivity index (χ3v) is 7.48. The Kier molecular flexibility index (Phi) is 6.37. The summed E-state index contributed by atoms with van der Waals surface area (Å²) in [5.74, 6) is -0.693. The van der Waals surface area contributed by atoms with Gasteiger partial charge in [0.1, 0.15) is 5.92 Å². The lowest BCUT2D eigenvalue weighted by atomic mass is 9.91. The molecule has 0 fully saturated rings. The maximum atomic E-state index is 12.7. The highest BCUT2D eigenvalue weighted by atomic mass is 31.1. The van der Waals surface area contributed by atoms with Gasteiger partial charge in [-0.15, -0.1) is 0 Å². The van der Waals surface area contributed by atoms with Crippen LogP contribution >= 0.6 is 7.92 Å². The Labute approximate surface area is 178 Å². The molecule has 0 aliphatic rings. The van der Waals surface area contributed by atoms with E-state index in [0.29, 0.717) is 0 Å². The van der Waals surface area contributed by atoms with Gasteiger partial charge in [0.15, 0.2) is 0 Å². The van der Waals surface area contributed by atoms with Gasteiger partial charge in [0.25, 0.3) is 0 Å².